The lowest BCUT2D eigenvalue weighted by Gasteiger charge is -2.20. The Morgan fingerprint density at radius 3 is 2.39 bits per heavy atom. The summed E-state index contributed by atoms with van der Waals surface area (Å²) in [6, 6.07) is 26.2. The van der Waals surface area contributed by atoms with Gasteiger partial charge in [0.15, 0.2) is 0 Å². The molecule has 5 rings (SSSR count). The highest BCUT2D eigenvalue weighted by atomic mass is 16.6. The van der Waals surface area contributed by atoms with Gasteiger partial charge in [0, 0.05) is 23.3 Å². The van der Waals surface area contributed by atoms with Crippen LogP contribution in [0.2, 0.25) is 0 Å². The first-order chi connectivity index (χ1) is 16.2. The summed E-state index contributed by atoms with van der Waals surface area (Å²) in [6.45, 7) is 0.438. The van der Waals surface area contributed by atoms with Crippen LogP contribution in [0.25, 0.3) is 11.3 Å². The number of fused-ring (bicyclic) bond motifs is 2. The smallest absolute Gasteiger partial charge is 0.269 e. The summed E-state index contributed by atoms with van der Waals surface area (Å²) in [5, 5.41) is 32.4. The van der Waals surface area contributed by atoms with Crippen LogP contribution < -0.4 is 10.6 Å². The minimum absolute atomic E-state index is 0.0409. The van der Waals surface area contributed by atoms with Gasteiger partial charge in [-0.2, -0.15) is 10.4 Å². The highest BCUT2D eigenvalue weighted by Gasteiger charge is 2.31. The van der Waals surface area contributed by atoms with Crippen molar-refractivity contribution in [3.8, 4) is 17.3 Å². The first-order valence-corrected chi connectivity index (χ1v) is 10.6. The molecule has 0 saturated heterocycles. The number of nitrogens with one attached hydrogen (secondary N) is 2. The van der Waals surface area contributed by atoms with E-state index in [1.807, 2.05) is 59.3 Å². The number of non-ortho nitro benzene ring substituents is 1. The number of nitro groups is 1. The first kappa shape index (κ1) is 20.3. The Bertz CT molecular complexity index is 1360. The Morgan fingerprint density at radius 1 is 1.00 bits per heavy atom. The number of nitrogens with zero attached hydrogens (tertiary/aromatic N) is 4. The SMILES string of the molecule is N#CCCn1nc(-c2ccccc2)c2c1Nc1ccccc1N[C@@H]2c1ccc([N+](=O)[O-])cc1. The van der Waals surface area contributed by atoms with E-state index in [1.165, 1.54) is 12.1 Å². The minimum Gasteiger partial charge on any atom is -0.372 e. The van der Waals surface area contributed by atoms with Crippen molar-refractivity contribution in [3.63, 3.8) is 0 Å². The number of aryl methyl sites for hydroxylation is 1. The lowest BCUT2D eigenvalue weighted by atomic mass is 9.95. The molecule has 33 heavy (non-hydrogen) atoms. The molecule has 1 atom stereocenters. The van der Waals surface area contributed by atoms with Crippen molar-refractivity contribution in [2.24, 2.45) is 0 Å². The second-order valence-electron chi connectivity index (χ2n) is 7.70. The molecule has 8 nitrogen and oxygen atoms in total. The van der Waals surface area contributed by atoms with Crippen LogP contribution in [0.5, 0.6) is 0 Å². The van der Waals surface area contributed by atoms with E-state index < -0.39 is 4.92 Å². The van der Waals surface area contributed by atoms with Crippen LogP contribution in [0.3, 0.4) is 0 Å². The third-order valence-electron chi connectivity index (χ3n) is 5.68. The third-order valence-corrected chi connectivity index (χ3v) is 5.68. The molecular formula is C25H20N6O2. The van der Waals surface area contributed by atoms with E-state index in [0.717, 1.165) is 39.6 Å². The number of hydrogen-bond donors (Lipinski definition) is 2. The Labute approximate surface area is 190 Å². The molecule has 0 radical (unpaired) electrons. The van der Waals surface area contributed by atoms with Gasteiger partial charge in [-0.1, -0.05) is 42.5 Å². The fraction of sp³-hybridized carbons (Fsp3) is 0.120. The number of nitro benzene ring substituents is 1. The zero-order valence-corrected chi connectivity index (χ0v) is 17.6. The fourth-order valence-electron chi connectivity index (χ4n) is 4.12. The Kier molecular flexibility index (Phi) is 5.21. The summed E-state index contributed by atoms with van der Waals surface area (Å²) >= 11 is 0. The maximum atomic E-state index is 11.2. The van der Waals surface area contributed by atoms with Gasteiger partial charge in [-0.05, 0) is 29.8 Å². The zero-order valence-electron chi connectivity index (χ0n) is 17.6. The van der Waals surface area contributed by atoms with Crippen LogP contribution in [0.15, 0.2) is 78.9 Å². The van der Waals surface area contributed by atoms with Crippen LogP contribution in [0.4, 0.5) is 22.9 Å². The normalized spacial score (nSPS) is 14.1. The van der Waals surface area contributed by atoms with Crippen molar-refractivity contribution >= 4 is 22.9 Å². The van der Waals surface area contributed by atoms with Gasteiger partial charge in [0.05, 0.1) is 41.4 Å². The summed E-state index contributed by atoms with van der Waals surface area (Å²) < 4.78 is 1.84. The number of para-hydroxylation sites is 2. The van der Waals surface area contributed by atoms with Crippen molar-refractivity contribution < 1.29 is 4.92 Å². The summed E-state index contributed by atoms with van der Waals surface area (Å²) in [6.07, 6.45) is 0.321. The Balaban J connectivity index is 1.74. The predicted molar refractivity (Wildman–Crippen MR) is 126 cm³/mol. The van der Waals surface area contributed by atoms with Gasteiger partial charge in [0.1, 0.15) is 11.5 Å². The van der Waals surface area contributed by atoms with Gasteiger partial charge < -0.3 is 10.6 Å². The number of anilines is 3. The van der Waals surface area contributed by atoms with Crippen molar-refractivity contribution in [3.05, 3.63) is 100 Å². The quantitative estimate of drug-likeness (QED) is 0.310. The maximum Gasteiger partial charge on any atom is 0.269 e. The molecule has 8 heteroatoms. The number of aromatic nitrogens is 2. The van der Waals surface area contributed by atoms with Crippen LogP contribution in [-0.4, -0.2) is 14.7 Å². The van der Waals surface area contributed by atoms with Crippen LogP contribution in [-0.2, 0) is 6.54 Å². The molecule has 0 unspecified atom stereocenters. The molecule has 2 heterocycles. The molecule has 0 saturated carbocycles. The largest absolute Gasteiger partial charge is 0.372 e. The van der Waals surface area contributed by atoms with Crippen molar-refractivity contribution in [2.45, 2.75) is 19.0 Å². The maximum absolute atomic E-state index is 11.2. The lowest BCUT2D eigenvalue weighted by molar-refractivity contribution is -0.384. The van der Waals surface area contributed by atoms with Gasteiger partial charge in [0.25, 0.3) is 5.69 Å². The summed E-state index contributed by atoms with van der Waals surface area (Å²) in [5.74, 6) is 0.796. The first-order valence-electron chi connectivity index (χ1n) is 10.6. The van der Waals surface area contributed by atoms with E-state index in [1.54, 1.807) is 12.1 Å². The topological polar surface area (TPSA) is 109 Å². The number of hydrogen-bond acceptors (Lipinski definition) is 6. The monoisotopic (exact) mass is 436 g/mol. The highest BCUT2D eigenvalue weighted by Crippen LogP contribution is 2.44. The zero-order chi connectivity index (χ0) is 22.8. The van der Waals surface area contributed by atoms with Crippen LogP contribution >= 0.6 is 0 Å². The van der Waals surface area contributed by atoms with E-state index in [0.29, 0.717) is 13.0 Å². The molecule has 1 aromatic heterocycles. The van der Waals surface area contributed by atoms with Gasteiger partial charge >= 0.3 is 0 Å². The van der Waals surface area contributed by atoms with Crippen molar-refractivity contribution in [1.82, 2.24) is 9.78 Å². The molecule has 1 aliphatic rings. The Hall–Kier alpha value is -4.64. The molecule has 0 aliphatic carbocycles. The van der Waals surface area contributed by atoms with E-state index >= 15 is 0 Å². The number of rotatable bonds is 5. The molecule has 4 aromatic rings. The second-order valence-corrected chi connectivity index (χ2v) is 7.70. The van der Waals surface area contributed by atoms with Gasteiger partial charge in [-0.3, -0.25) is 10.1 Å². The molecule has 0 spiro atoms. The van der Waals surface area contributed by atoms with E-state index in [4.69, 9.17) is 5.10 Å². The Morgan fingerprint density at radius 2 is 1.70 bits per heavy atom. The molecule has 0 amide bonds. The summed E-state index contributed by atoms with van der Waals surface area (Å²) in [4.78, 5) is 10.8. The molecule has 0 fully saturated rings. The summed E-state index contributed by atoms with van der Waals surface area (Å²) in [5.41, 5.74) is 5.37. The average Bonchev–Trinajstić information content (AvgIpc) is 3.10. The van der Waals surface area contributed by atoms with Crippen molar-refractivity contribution in [2.75, 3.05) is 10.6 Å². The van der Waals surface area contributed by atoms with Gasteiger partial charge in [-0.15, -0.1) is 0 Å². The number of benzene rings is 3. The van der Waals surface area contributed by atoms with Gasteiger partial charge in [0.2, 0.25) is 0 Å². The molecule has 1 aliphatic heterocycles. The van der Waals surface area contributed by atoms with Gasteiger partial charge in [-0.25, -0.2) is 4.68 Å². The fourth-order valence-corrected chi connectivity index (χ4v) is 4.12. The molecule has 162 valence electrons. The third kappa shape index (κ3) is 3.77. The standard InChI is InChI=1S/C25H20N6O2/c26-15-6-16-30-25-22(24(29-30)17-7-2-1-3-8-17)23(18-11-13-19(14-12-18)31(32)33)27-20-9-4-5-10-21(20)28-25/h1-5,7-14,23,27-28H,6,16H2/t23-/m1/s1. The highest BCUT2D eigenvalue weighted by molar-refractivity contribution is 5.83. The average molecular weight is 436 g/mol. The number of nitriles is 1. The second kappa shape index (κ2) is 8.48. The lowest BCUT2D eigenvalue weighted by Crippen LogP contribution is -2.12. The molecule has 3 aromatic carbocycles. The van der Waals surface area contributed by atoms with Crippen molar-refractivity contribution in [1.29, 1.82) is 5.26 Å². The van der Waals surface area contributed by atoms with Crippen LogP contribution in [0, 0.1) is 21.4 Å². The van der Waals surface area contributed by atoms with Crippen LogP contribution in [0.1, 0.15) is 23.6 Å². The molecular weight excluding hydrogens is 416 g/mol. The molecule has 2 N–H and O–H groups in total. The minimum atomic E-state index is -0.401. The van der Waals surface area contributed by atoms with E-state index in [-0.39, 0.29) is 11.7 Å². The van der Waals surface area contributed by atoms with E-state index in [2.05, 4.69) is 16.7 Å². The molecule has 0 bridgehead atoms. The van der Waals surface area contributed by atoms with E-state index in [9.17, 15) is 15.4 Å². The predicted octanol–water partition coefficient (Wildman–Crippen LogP) is 5.63. The summed E-state index contributed by atoms with van der Waals surface area (Å²) in [7, 11) is 0.